The topological polar surface area (TPSA) is 80.9 Å². The third-order valence-corrected chi connectivity index (χ3v) is 5.23. The molecular weight excluding hydrogens is 336 g/mol. The second-order valence-electron chi connectivity index (χ2n) is 6.02. The molecule has 7 heteroatoms. The van der Waals surface area contributed by atoms with Crippen LogP contribution in [-0.2, 0) is 24.1 Å². The van der Waals surface area contributed by atoms with Crippen molar-refractivity contribution < 1.29 is 9.32 Å². The number of carbonyl (C=O) groups excluding carboxylic acids is 1. The van der Waals surface area contributed by atoms with Crippen molar-refractivity contribution in [2.24, 2.45) is 0 Å². The second-order valence-corrected chi connectivity index (χ2v) is 7.11. The van der Waals surface area contributed by atoms with Crippen LogP contribution in [-0.4, -0.2) is 21.0 Å². The Morgan fingerprint density at radius 2 is 2.00 bits per heavy atom. The standard InChI is InChI=1S/C18H18N4O2S/c23-15(20-18-19-13-8-4-5-9-14(13)25-18)10-11-16-21-17(22-24-16)12-6-2-1-3-7-12/h1-3,6-7H,4-5,8-11H2,(H,19,20,23). The fraction of sp³-hybridized carbons (Fsp3) is 0.333. The molecule has 0 saturated carbocycles. The molecule has 1 N–H and O–H groups in total. The van der Waals surface area contributed by atoms with Gasteiger partial charge < -0.3 is 9.84 Å². The van der Waals surface area contributed by atoms with Crippen LogP contribution in [0.2, 0.25) is 0 Å². The summed E-state index contributed by atoms with van der Waals surface area (Å²) >= 11 is 1.59. The number of anilines is 1. The molecule has 2 aromatic heterocycles. The molecule has 0 fully saturated rings. The van der Waals surface area contributed by atoms with Crippen LogP contribution in [0, 0.1) is 0 Å². The minimum absolute atomic E-state index is 0.0782. The summed E-state index contributed by atoms with van der Waals surface area (Å²) in [6.45, 7) is 0. The zero-order chi connectivity index (χ0) is 17.1. The van der Waals surface area contributed by atoms with Gasteiger partial charge in [0.25, 0.3) is 0 Å². The maximum absolute atomic E-state index is 12.1. The Balaban J connectivity index is 1.33. The number of thiazole rings is 1. The highest BCUT2D eigenvalue weighted by Crippen LogP contribution is 2.29. The fourth-order valence-electron chi connectivity index (χ4n) is 2.87. The number of fused-ring (bicyclic) bond motifs is 1. The van der Waals surface area contributed by atoms with Gasteiger partial charge in [-0.05, 0) is 25.7 Å². The molecule has 2 heterocycles. The highest BCUT2D eigenvalue weighted by molar-refractivity contribution is 7.15. The summed E-state index contributed by atoms with van der Waals surface area (Å²) in [6.07, 6.45) is 5.20. The van der Waals surface area contributed by atoms with Crippen molar-refractivity contribution in [1.82, 2.24) is 15.1 Å². The van der Waals surface area contributed by atoms with E-state index in [2.05, 4.69) is 20.4 Å². The molecule has 0 radical (unpaired) electrons. The first-order valence-corrected chi connectivity index (χ1v) is 9.26. The Morgan fingerprint density at radius 3 is 2.84 bits per heavy atom. The largest absolute Gasteiger partial charge is 0.339 e. The van der Waals surface area contributed by atoms with E-state index < -0.39 is 0 Å². The predicted octanol–water partition coefficient (Wildman–Crippen LogP) is 3.64. The van der Waals surface area contributed by atoms with Gasteiger partial charge in [-0.25, -0.2) is 4.98 Å². The normalized spacial score (nSPS) is 13.4. The number of hydrogen-bond donors (Lipinski definition) is 1. The van der Waals surface area contributed by atoms with E-state index in [1.165, 1.54) is 17.7 Å². The maximum atomic E-state index is 12.1. The van der Waals surface area contributed by atoms with Crippen molar-refractivity contribution in [2.45, 2.75) is 38.5 Å². The number of rotatable bonds is 5. The molecule has 1 amide bonds. The molecular formula is C18H18N4O2S. The number of benzene rings is 1. The first-order chi connectivity index (χ1) is 12.3. The number of nitrogens with zero attached hydrogens (tertiary/aromatic N) is 3. The fourth-order valence-corrected chi connectivity index (χ4v) is 3.93. The van der Waals surface area contributed by atoms with Crippen LogP contribution in [0.5, 0.6) is 0 Å². The van der Waals surface area contributed by atoms with Gasteiger partial charge in [0.1, 0.15) is 0 Å². The number of hydrogen-bond acceptors (Lipinski definition) is 6. The van der Waals surface area contributed by atoms with E-state index in [1.807, 2.05) is 30.3 Å². The van der Waals surface area contributed by atoms with Crippen molar-refractivity contribution in [1.29, 1.82) is 0 Å². The van der Waals surface area contributed by atoms with Gasteiger partial charge in [-0.3, -0.25) is 4.79 Å². The van der Waals surface area contributed by atoms with Gasteiger partial charge in [0, 0.05) is 23.3 Å². The minimum atomic E-state index is -0.0782. The molecule has 1 aliphatic rings. The Labute approximate surface area is 149 Å². The van der Waals surface area contributed by atoms with Gasteiger partial charge in [0.15, 0.2) is 5.13 Å². The zero-order valence-electron chi connectivity index (χ0n) is 13.7. The summed E-state index contributed by atoms with van der Waals surface area (Å²) in [4.78, 5) is 22.3. The Kier molecular flexibility index (Phi) is 4.56. The molecule has 0 aliphatic heterocycles. The van der Waals surface area contributed by atoms with Crippen LogP contribution in [0.1, 0.15) is 35.7 Å². The highest BCUT2D eigenvalue weighted by atomic mass is 32.1. The first kappa shape index (κ1) is 16.0. The molecule has 0 saturated heterocycles. The molecule has 1 aromatic carbocycles. The Hall–Kier alpha value is -2.54. The lowest BCUT2D eigenvalue weighted by Gasteiger charge is -2.06. The van der Waals surface area contributed by atoms with Crippen LogP contribution in [0.3, 0.4) is 0 Å². The Bertz CT molecular complexity index is 849. The molecule has 0 unspecified atom stereocenters. The zero-order valence-corrected chi connectivity index (χ0v) is 14.5. The van der Waals surface area contributed by atoms with Gasteiger partial charge in [-0.1, -0.05) is 35.5 Å². The summed E-state index contributed by atoms with van der Waals surface area (Å²) in [5.74, 6) is 0.932. The quantitative estimate of drug-likeness (QED) is 0.756. The number of aromatic nitrogens is 3. The lowest BCUT2D eigenvalue weighted by molar-refractivity contribution is -0.116. The van der Waals surface area contributed by atoms with Crippen LogP contribution >= 0.6 is 11.3 Å². The van der Waals surface area contributed by atoms with Gasteiger partial charge in [-0.2, -0.15) is 4.98 Å². The molecule has 4 rings (SSSR count). The number of nitrogens with one attached hydrogen (secondary N) is 1. The summed E-state index contributed by atoms with van der Waals surface area (Å²) in [7, 11) is 0. The second kappa shape index (κ2) is 7.14. The maximum Gasteiger partial charge on any atom is 0.227 e. The van der Waals surface area contributed by atoms with E-state index in [1.54, 1.807) is 11.3 Å². The van der Waals surface area contributed by atoms with Crippen molar-refractivity contribution in [3.05, 3.63) is 46.8 Å². The van der Waals surface area contributed by atoms with Crippen molar-refractivity contribution in [3.63, 3.8) is 0 Å². The van der Waals surface area contributed by atoms with Crippen LogP contribution < -0.4 is 5.32 Å². The van der Waals surface area contributed by atoms with Gasteiger partial charge in [0.2, 0.25) is 17.6 Å². The van der Waals surface area contributed by atoms with E-state index in [0.717, 1.165) is 24.1 Å². The monoisotopic (exact) mass is 354 g/mol. The summed E-state index contributed by atoms with van der Waals surface area (Å²) in [5.41, 5.74) is 2.05. The SMILES string of the molecule is O=C(CCc1nc(-c2ccccc2)no1)Nc1nc2c(s1)CCCC2. The molecule has 25 heavy (non-hydrogen) atoms. The molecule has 3 aromatic rings. The average molecular weight is 354 g/mol. The third-order valence-electron chi connectivity index (χ3n) is 4.16. The third kappa shape index (κ3) is 3.76. The summed E-state index contributed by atoms with van der Waals surface area (Å²) < 4.78 is 5.23. The van der Waals surface area contributed by atoms with Crippen molar-refractivity contribution >= 4 is 22.4 Å². The molecule has 128 valence electrons. The molecule has 1 aliphatic carbocycles. The molecule has 0 bridgehead atoms. The van der Waals surface area contributed by atoms with E-state index >= 15 is 0 Å². The lowest BCUT2D eigenvalue weighted by Crippen LogP contribution is -2.12. The highest BCUT2D eigenvalue weighted by Gasteiger charge is 2.17. The van der Waals surface area contributed by atoms with Crippen molar-refractivity contribution in [2.75, 3.05) is 5.32 Å². The first-order valence-electron chi connectivity index (χ1n) is 8.44. The number of aryl methyl sites for hydroxylation is 3. The molecule has 6 nitrogen and oxygen atoms in total. The van der Waals surface area contributed by atoms with Crippen LogP contribution in [0.4, 0.5) is 5.13 Å². The molecule has 0 spiro atoms. The van der Waals surface area contributed by atoms with Gasteiger partial charge in [0.05, 0.1) is 5.69 Å². The Morgan fingerprint density at radius 1 is 1.16 bits per heavy atom. The summed E-state index contributed by atoms with van der Waals surface area (Å²) in [5, 5.41) is 7.55. The number of amides is 1. The van der Waals surface area contributed by atoms with E-state index in [4.69, 9.17) is 4.52 Å². The summed E-state index contributed by atoms with van der Waals surface area (Å²) in [6, 6.07) is 9.63. The molecule has 0 atom stereocenters. The van der Waals surface area contributed by atoms with E-state index in [0.29, 0.717) is 29.7 Å². The van der Waals surface area contributed by atoms with Gasteiger partial charge in [-0.15, -0.1) is 11.3 Å². The number of carbonyl (C=O) groups is 1. The predicted molar refractivity (Wildman–Crippen MR) is 95.4 cm³/mol. The van der Waals surface area contributed by atoms with Crippen LogP contribution in [0.15, 0.2) is 34.9 Å². The average Bonchev–Trinajstić information content (AvgIpc) is 3.27. The smallest absolute Gasteiger partial charge is 0.227 e. The van der Waals surface area contributed by atoms with E-state index in [9.17, 15) is 4.79 Å². The minimum Gasteiger partial charge on any atom is -0.339 e. The lowest BCUT2D eigenvalue weighted by atomic mass is 10.0. The van der Waals surface area contributed by atoms with Gasteiger partial charge >= 0.3 is 0 Å². The van der Waals surface area contributed by atoms with Crippen molar-refractivity contribution in [3.8, 4) is 11.4 Å². The van der Waals surface area contributed by atoms with Crippen LogP contribution in [0.25, 0.3) is 11.4 Å². The van der Waals surface area contributed by atoms with E-state index in [-0.39, 0.29) is 5.91 Å².